The smallest absolute Gasteiger partial charge is 0.347 e. The molecular formula is C20H18N2O2. The SMILES string of the molecule is CCCCn1c(-c2cc3ccccc3oc2=O)nc2ccccc21. The highest BCUT2D eigenvalue weighted by Gasteiger charge is 2.16. The minimum absolute atomic E-state index is 0.346. The topological polar surface area (TPSA) is 48.0 Å². The van der Waals surface area contributed by atoms with Gasteiger partial charge in [-0.1, -0.05) is 43.7 Å². The maximum atomic E-state index is 12.5. The van der Waals surface area contributed by atoms with E-state index in [2.05, 4.69) is 11.5 Å². The molecule has 2 aromatic heterocycles. The molecule has 0 aliphatic carbocycles. The summed E-state index contributed by atoms with van der Waals surface area (Å²) in [5, 5.41) is 0.904. The number of nitrogens with zero attached hydrogens (tertiary/aromatic N) is 2. The monoisotopic (exact) mass is 318 g/mol. The van der Waals surface area contributed by atoms with Crippen molar-refractivity contribution < 1.29 is 4.42 Å². The molecule has 0 saturated carbocycles. The molecule has 2 heterocycles. The quantitative estimate of drug-likeness (QED) is 0.516. The fraction of sp³-hybridized carbons (Fsp3) is 0.200. The average Bonchev–Trinajstić information content (AvgIpc) is 2.97. The second-order valence-electron chi connectivity index (χ2n) is 5.91. The number of para-hydroxylation sites is 3. The summed E-state index contributed by atoms with van der Waals surface area (Å²) in [5.41, 5.74) is 2.72. The van der Waals surface area contributed by atoms with E-state index in [1.165, 1.54) is 0 Å². The predicted molar refractivity (Wildman–Crippen MR) is 96.1 cm³/mol. The van der Waals surface area contributed by atoms with Crippen molar-refractivity contribution in [2.45, 2.75) is 26.3 Å². The molecular weight excluding hydrogens is 300 g/mol. The molecule has 0 N–H and O–H groups in total. The number of benzene rings is 2. The van der Waals surface area contributed by atoms with Crippen molar-refractivity contribution in [2.24, 2.45) is 0 Å². The number of aryl methyl sites for hydroxylation is 1. The molecule has 0 unspecified atom stereocenters. The summed E-state index contributed by atoms with van der Waals surface area (Å²) >= 11 is 0. The molecule has 0 saturated heterocycles. The van der Waals surface area contributed by atoms with Crippen molar-refractivity contribution in [3.63, 3.8) is 0 Å². The lowest BCUT2D eigenvalue weighted by atomic mass is 10.2. The summed E-state index contributed by atoms with van der Waals surface area (Å²) in [6.07, 6.45) is 2.12. The van der Waals surface area contributed by atoms with Gasteiger partial charge in [0.05, 0.1) is 11.0 Å². The van der Waals surface area contributed by atoms with E-state index >= 15 is 0 Å². The number of aromatic nitrogens is 2. The average molecular weight is 318 g/mol. The Morgan fingerprint density at radius 1 is 1.08 bits per heavy atom. The summed E-state index contributed by atoms with van der Waals surface area (Å²) in [6.45, 7) is 2.99. The van der Waals surface area contributed by atoms with Crippen molar-refractivity contribution in [1.82, 2.24) is 9.55 Å². The van der Waals surface area contributed by atoms with Crippen LogP contribution in [0.15, 0.2) is 63.8 Å². The lowest BCUT2D eigenvalue weighted by molar-refractivity contribution is 0.561. The van der Waals surface area contributed by atoms with Gasteiger partial charge < -0.3 is 8.98 Å². The van der Waals surface area contributed by atoms with Crippen LogP contribution in [0.4, 0.5) is 0 Å². The maximum absolute atomic E-state index is 12.5. The number of rotatable bonds is 4. The standard InChI is InChI=1S/C20H18N2O2/c1-2-3-12-22-17-10-6-5-9-16(17)21-19(22)15-13-14-8-4-7-11-18(14)24-20(15)23/h4-11,13H,2-3,12H2,1H3. The highest BCUT2D eigenvalue weighted by atomic mass is 16.4. The minimum atomic E-state index is -0.346. The molecule has 0 amide bonds. The van der Waals surface area contributed by atoms with Crippen molar-refractivity contribution in [2.75, 3.05) is 0 Å². The van der Waals surface area contributed by atoms with Gasteiger partial charge in [-0.25, -0.2) is 9.78 Å². The van der Waals surface area contributed by atoms with Gasteiger partial charge in [-0.15, -0.1) is 0 Å². The van der Waals surface area contributed by atoms with Crippen LogP contribution >= 0.6 is 0 Å². The Morgan fingerprint density at radius 2 is 1.88 bits per heavy atom. The molecule has 4 heteroatoms. The third-order valence-electron chi connectivity index (χ3n) is 4.27. The first-order chi connectivity index (χ1) is 11.8. The van der Waals surface area contributed by atoms with Crippen molar-refractivity contribution in [3.05, 3.63) is 65.0 Å². The molecule has 0 bridgehead atoms. The molecule has 0 radical (unpaired) electrons. The van der Waals surface area contributed by atoms with Crippen LogP contribution in [0.5, 0.6) is 0 Å². The Bertz CT molecular complexity index is 1080. The minimum Gasteiger partial charge on any atom is -0.422 e. The van der Waals surface area contributed by atoms with Crippen LogP contribution in [0, 0.1) is 0 Å². The highest BCUT2D eigenvalue weighted by molar-refractivity contribution is 5.84. The van der Waals surface area contributed by atoms with Crippen LogP contribution in [0.1, 0.15) is 19.8 Å². The van der Waals surface area contributed by atoms with Gasteiger partial charge >= 0.3 is 5.63 Å². The van der Waals surface area contributed by atoms with Gasteiger partial charge in [-0.05, 0) is 30.7 Å². The molecule has 0 spiro atoms. The normalized spacial score (nSPS) is 11.4. The zero-order valence-electron chi connectivity index (χ0n) is 13.5. The summed E-state index contributed by atoms with van der Waals surface area (Å²) in [7, 11) is 0. The summed E-state index contributed by atoms with van der Waals surface area (Å²) in [4.78, 5) is 17.2. The van der Waals surface area contributed by atoms with Gasteiger partial charge in [0.25, 0.3) is 0 Å². The second kappa shape index (κ2) is 5.96. The van der Waals surface area contributed by atoms with Crippen LogP contribution in [0.2, 0.25) is 0 Å². The van der Waals surface area contributed by atoms with Gasteiger partial charge in [0.1, 0.15) is 17.0 Å². The van der Waals surface area contributed by atoms with Crippen LogP contribution in [0.25, 0.3) is 33.4 Å². The third-order valence-corrected chi connectivity index (χ3v) is 4.27. The van der Waals surface area contributed by atoms with E-state index in [9.17, 15) is 4.79 Å². The molecule has 0 atom stereocenters. The predicted octanol–water partition coefficient (Wildman–Crippen LogP) is 4.61. The number of unbranched alkanes of at least 4 members (excludes halogenated alkanes) is 1. The Hall–Kier alpha value is -2.88. The Balaban J connectivity index is 1.98. The molecule has 4 nitrogen and oxygen atoms in total. The fourth-order valence-electron chi connectivity index (χ4n) is 3.04. The molecule has 120 valence electrons. The van der Waals surface area contributed by atoms with E-state index in [0.29, 0.717) is 17.0 Å². The van der Waals surface area contributed by atoms with Gasteiger partial charge in [0.15, 0.2) is 0 Å². The first kappa shape index (κ1) is 14.7. The lowest BCUT2D eigenvalue weighted by Crippen LogP contribution is -2.08. The molecule has 0 fully saturated rings. The van der Waals surface area contributed by atoms with E-state index < -0.39 is 0 Å². The molecule has 4 aromatic rings. The van der Waals surface area contributed by atoms with E-state index in [-0.39, 0.29) is 5.63 Å². The first-order valence-corrected chi connectivity index (χ1v) is 8.26. The largest absolute Gasteiger partial charge is 0.422 e. The summed E-state index contributed by atoms with van der Waals surface area (Å²) in [5.74, 6) is 0.684. The molecule has 0 aliphatic heterocycles. The highest BCUT2D eigenvalue weighted by Crippen LogP contribution is 2.25. The fourth-order valence-corrected chi connectivity index (χ4v) is 3.04. The maximum Gasteiger partial charge on any atom is 0.347 e. The van der Waals surface area contributed by atoms with Crippen molar-refractivity contribution >= 4 is 22.0 Å². The molecule has 0 aliphatic rings. The van der Waals surface area contributed by atoms with Crippen molar-refractivity contribution in [3.8, 4) is 11.4 Å². The first-order valence-electron chi connectivity index (χ1n) is 8.26. The van der Waals surface area contributed by atoms with Crippen LogP contribution in [-0.4, -0.2) is 9.55 Å². The third kappa shape index (κ3) is 2.40. The Labute approximate surface area is 139 Å². The summed E-state index contributed by atoms with van der Waals surface area (Å²) in [6, 6.07) is 17.4. The zero-order chi connectivity index (χ0) is 16.5. The Morgan fingerprint density at radius 3 is 2.75 bits per heavy atom. The number of hydrogen-bond donors (Lipinski definition) is 0. The van der Waals surface area contributed by atoms with Gasteiger partial charge in [-0.3, -0.25) is 0 Å². The molecule has 4 rings (SSSR count). The van der Waals surface area contributed by atoms with Crippen LogP contribution < -0.4 is 5.63 Å². The number of fused-ring (bicyclic) bond motifs is 2. The van der Waals surface area contributed by atoms with Crippen molar-refractivity contribution in [1.29, 1.82) is 0 Å². The zero-order valence-corrected chi connectivity index (χ0v) is 13.5. The lowest BCUT2D eigenvalue weighted by Gasteiger charge is -2.08. The number of hydrogen-bond acceptors (Lipinski definition) is 3. The van der Waals surface area contributed by atoms with E-state index in [1.807, 2.05) is 48.5 Å². The van der Waals surface area contributed by atoms with Gasteiger partial charge in [0, 0.05) is 11.9 Å². The van der Waals surface area contributed by atoms with Gasteiger partial charge in [0.2, 0.25) is 0 Å². The molecule has 2 aromatic carbocycles. The van der Waals surface area contributed by atoms with Gasteiger partial charge in [-0.2, -0.15) is 0 Å². The molecule has 24 heavy (non-hydrogen) atoms. The van der Waals surface area contributed by atoms with E-state index in [1.54, 1.807) is 6.07 Å². The van der Waals surface area contributed by atoms with E-state index in [4.69, 9.17) is 9.40 Å². The van der Waals surface area contributed by atoms with Crippen LogP contribution in [-0.2, 0) is 6.54 Å². The van der Waals surface area contributed by atoms with Crippen LogP contribution in [0.3, 0.4) is 0 Å². The summed E-state index contributed by atoms with van der Waals surface area (Å²) < 4.78 is 7.62. The van der Waals surface area contributed by atoms with E-state index in [0.717, 1.165) is 35.8 Å². The Kier molecular flexibility index (Phi) is 3.65. The second-order valence-corrected chi connectivity index (χ2v) is 5.91. The number of imidazole rings is 1.